The number of rotatable bonds is 6. The van der Waals surface area contributed by atoms with Crippen molar-refractivity contribution in [1.82, 2.24) is 24.5 Å². The van der Waals surface area contributed by atoms with Crippen LogP contribution in [0.1, 0.15) is 25.0 Å². The van der Waals surface area contributed by atoms with Crippen molar-refractivity contribution in [1.29, 1.82) is 0 Å². The van der Waals surface area contributed by atoms with Gasteiger partial charge in [-0.05, 0) is 24.6 Å². The number of imidazole rings is 1. The Morgan fingerprint density at radius 1 is 1.36 bits per heavy atom. The zero-order valence-corrected chi connectivity index (χ0v) is 16.2. The van der Waals surface area contributed by atoms with E-state index < -0.39 is 7.60 Å². The van der Waals surface area contributed by atoms with Crippen molar-refractivity contribution in [3.8, 4) is 0 Å². The summed E-state index contributed by atoms with van der Waals surface area (Å²) in [6.07, 6.45) is 6.33. The van der Waals surface area contributed by atoms with Gasteiger partial charge in [0.2, 0.25) is 0 Å². The van der Waals surface area contributed by atoms with Crippen LogP contribution in [-0.4, -0.2) is 43.6 Å². The van der Waals surface area contributed by atoms with Crippen LogP contribution in [0.4, 0.5) is 5.82 Å². The van der Waals surface area contributed by atoms with Crippen molar-refractivity contribution >= 4 is 24.6 Å². The lowest BCUT2D eigenvalue weighted by Crippen LogP contribution is -2.21. The van der Waals surface area contributed by atoms with Crippen molar-refractivity contribution in [2.75, 3.05) is 18.7 Å². The Morgan fingerprint density at radius 3 is 3.00 bits per heavy atom. The maximum Gasteiger partial charge on any atom is 0.356 e. The number of hydrogen-bond donors (Lipinski definition) is 1. The topological polar surface area (TPSA) is 127 Å². The minimum absolute atomic E-state index is 0.125. The smallest absolute Gasteiger partial charge is 0.356 e. The second-order valence-electron chi connectivity index (χ2n) is 6.54. The van der Waals surface area contributed by atoms with Crippen molar-refractivity contribution in [3.05, 3.63) is 42.7 Å². The Hall–Kier alpha value is -2.39. The number of pyridine rings is 1. The average Bonchev–Trinajstić information content (AvgIpc) is 3.11. The van der Waals surface area contributed by atoms with Crippen LogP contribution in [0.5, 0.6) is 0 Å². The Labute approximate surface area is 161 Å². The van der Waals surface area contributed by atoms with Crippen LogP contribution in [0.3, 0.4) is 0 Å². The maximum atomic E-state index is 12.9. The molecular formula is C17H21N6O4P. The third kappa shape index (κ3) is 4.05. The summed E-state index contributed by atoms with van der Waals surface area (Å²) in [4.78, 5) is 16.4. The summed E-state index contributed by atoms with van der Waals surface area (Å²) in [5, 5.41) is 0. The van der Waals surface area contributed by atoms with Gasteiger partial charge in [0.15, 0.2) is 11.5 Å². The van der Waals surface area contributed by atoms with Crippen LogP contribution in [0.25, 0.3) is 11.2 Å². The van der Waals surface area contributed by atoms with Crippen LogP contribution in [0.15, 0.2) is 37.2 Å². The van der Waals surface area contributed by atoms with E-state index in [0.717, 1.165) is 5.56 Å². The number of aromatic nitrogens is 5. The van der Waals surface area contributed by atoms with Crippen LogP contribution in [0, 0.1) is 0 Å². The molecule has 1 unspecified atom stereocenters. The highest BCUT2D eigenvalue weighted by Crippen LogP contribution is 2.56. The van der Waals surface area contributed by atoms with Gasteiger partial charge in [0.1, 0.15) is 18.2 Å². The van der Waals surface area contributed by atoms with Crippen molar-refractivity contribution < 1.29 is 18.3 Å². The summed E-state index contributed by atoms with van der Waals surface area (Å²) in [6, 6.07) is 3.70. The molecule has 0 radical (unpaired) electrons. The van der Waals surface area contributed by atoms with Crippen LogP contribution in [0.2, 0.25) is 0 Å². The average molecular weight is 404 g/mol. The first-order valence-electron chi connectivity index (χ1n) is 8.89. The fourth-order valence-corrected chi connectivity index (χ4v) is 4.66. The van der Waals surface area contributed by atoms with Crippen LogP contribution < -0.4 is 5.73 Å². The van der Waals surface area contributed by atoms with Gasteiger partial charge in [0.25, 0.3) is 0 Å². The molecule has 0 amide bonds. The first-order chi connectivity index (χ1) is 13.5. The fourth-order valence-electron chi connectivity index (χ4n) is 3.03. The van der Waals surface area contributed by atoms with Gasteiger partial charge in [-0.25, -0.2) is 15.0 Å². The molecule has 10 nitrogen and oxygen atoms in total. The van der Waals surface area contributed by atoms with E-state index in [1.807, 2.05) is 23.6 Å². The quantitative estimate of drug-likeness (QED) is 0.616. The molecule has 148 valence electrons. The number of hydrogen-bond acceptors (Lipinski definition) is 9. The van der Waals surface area contributed by atoms with Gasteiger partial charge in [-0.2, -0.15) is 0 Å². The van der Waals surface area contributed by atoms with Gasteiger partial charge >= 0.3 is 7.60 Å². The number of anilines is 1. The number of nitrogens with two attached hydrogens (primary N) is 1. The Kier molecular flexibility index (Phi) is 5.36. The second-order valence-corrected chi connectivity index (χ2v) is 8.49. The predicted molar refractivity (Wildman–Crippen MR) is 101 cm³/mol. The molecule has 1 saturated heterocycles. The summed E-state index contributed by atoms with van der Waals surface area (Å²) in [7, 11) is -3.35. The molecule has 0 aromatic carbocycles. The molecular weight excluding hydrogens is 383 g/mol. The van der Waals surface area contributed by atoms with Gasteiger partial charge in [0, 0.05) is 18.8 Å². The molecule has 2 N–H and O–H groups in total. The molecule has 0 saturated carbocycles. The Bertz CT molecular complexity index is 998. The SMILES string of the molecule is C[C@H](Cn1cnc2c(N)ncnc21)OCP1(=O)OCC[C@@H](c2ccncc2)O1. The second kappa shape index (κ2) is 7.92. The number of fused-ring (bicyclic) bond motifs is 1. The molecule has 1 aliphatic heterocycles. The molecule has 4 heterocycles. The maximum absolute atomic E-state index is 12.9. The molecule has 3 atom stereocenters. The van der Waals surface area contributed by atoms with Crippen molar-refractivity contribution in [2.24, 2.45) is 0 Å². The summed E-state index contributed by atoms with van der Waals surface area (Å²) in [6.45, 7) is 2.68. The molecule has 0 spiro atoms. The molecule has 0 bridgehead atoms. The van der Waals surface area contributed by atoms with E-state index in [1.165, 1.54) is 6.33 Å². The van der Waals surface area contributed by atoms with Gasteiger partial charge < -0.3 is 19.6 Å². The van der Waals surface area contributed by atoms with Crippen molar-refractivity contribution in [2.45, 2.75) is 32.1 Å². The molecule has 28 heavy (non-hydrogen) atoms. The first-order valence-corrected chi connectivity index (χ1v) is 10.6. The number of nitrogen functional groups attached to an aromatic ring is 1. The molecule has 1 fully saturated rings. The van der Waals surface area contributed by atoms with Gasteiger partial charge in [-0.1, -0.05) is 0 Å². The molecule has 3 aromatic rings. The monoisotopic (exact) mass is 404 g/mol. The molecule has 4 rings (SSSR count). The highest BCUT2D eigenvalue weighted by atomic mass is 31.2. The summed E-state index contributed by atoms with van der Waals surface area (Å²) >= 11 is 0. The minimum Gasteiger partial charge on any atom is -0.382 e. The van der Waals surface area contributed by atoms with E-state index in [-0.39, 0.29) is 18.6 Å². The van der Waals surface area contributed by atoms with Gasteiger partial charge in [-0.3, -0.25) is 14.1 Å². The van der Waals surface area contributed by atoms with E-state index in [1.54, 1.807) is 18.7 Å². The Balaban J connectivity index is 1.37. The van der Waals surface area contributed by atoms with Crippen molar-refractivity contribution in [3.63, 3.8) is 0 Å². The predicted octanol–water partition coefficient (Wildman–Crippen LogP) is 2.54. The lowest BCUT2D eigenvalue weighted by atomic mass is 10.1. The molecule has 11 heteroatoms. The highest BCUT2D eigenvalue weighted by Gasteiger charge is 2.35. The molecule has 3 aromatic heterocycles. The number of nitrogens with zero attached hydrogens (tertiary/aromatic N) is 5. The van der Waals surface area contributed by atoms with E-state index >= 15 is 0 Å². The normalized spacial score (nSPS) is 23.7. The lowest BCUT2D eigenvalue weighted by molar-refractivity contribution is 0.0340. The standard InChI is InChI=1S/C17H21N6O4P/c1-12(8-23-10-22-15-16(18)20-9-21-17(15)23)25-11-28(24)26-7-4-14(27-28)13-2-5-19-6-3-13/h2-3,5-6,9-10,12,14H,4,7-8,11H2,1H3,(H2,18,20,21)/t12-,14+,28?/m1/s1. The van der Waals surface area contributed by atoms with Crippen LogP contribution in [-0.2, 0) is 24.9 Å². The van der Waals surface area contributed by atoms with E-state index in [0.29, 0.717) is 36.6 Å². The highest BCUT2D eigenvalue weighted by molar-refractivity contribution is 7.53. The summed E-state index contributed by atoms with van der Waals surface area (Å²) < 4.78 is 31.7. The third-order valence-corrected chi connectivity index (χ3v) is 6.05. The minimum atomic E-state index is -3.35. The van der Waals surface area contributed by atoms with E-state index in [4.69, 9.17) is 19.5 Å². The van der Waals surface area contributed by atoms with Gasteiger partial charge in [0.05, 0.1) is 31.7 Å². The molecule has 0 aliphatic carbocycles. The lowest BCUT2D eigenvalue weighted by Gasteiger charge is -2.30. The molecule has 1 aliphatic rings. The Morgan fingerprint density at radius 2 is 2.18 bits per heavy atom. The van der Waals surface area contributed by atoms with E-state index in [2.05, 4.69) is 19.9 Å². The fraction of sp³-hybridized carbons (Fsp3) is 0.412. The first kappa shape index (κ1) is 18.9. The van der Waals surface area contributed by atoms with Gasteiger partial charge in [-0.15, -0.1) is 0 Å². The largest absolute Gasteiger partial charge is 0.382 e. The van der Waals surface area contributed by atoms with E-state index in [9.17, 15) is 4.57 Å². The summed E-state index contributed by atoms with van der Waals surface area (Å²) in [5.41, 5.74) is 7.89. The summed E-state index contributed by atoms with van der Waals surface area (Å²) in [5.74, 6) is 0.327. The van der Waals surface area contributed by atoms with Crippen LogP contribution >= 0.6 is 7.60 Å². The zero-order valence-electron chi connectivity index (χ0n) is 15.3. The third-order valence-electron chi connectivity index (χ3n) is 4.43. The zero-order chi connectivity index (χ0) is 19.6. The number of ether oxygens (including phenoxy) is 1.